The van der Waals surface area contributed by atoms with Crippen molar-refractivity contribution >= 4 is 57.7 Å². The van der Waals surface area contributed by atoms with E-state index in [0.29, 0.717) is 10.3 Å². The molecule has 2 aliphatic rings. The van der Waals surface area contributed by atoms with Crippen molar-refractivity contribution < 1.29 is 44.5 Å². The number of aromatic nitrogens is 2. The van der Waals surface area contributed by atoms with E-state index in [1.807, 2.05) is 0 Å². The minimum atomic E-state index is -1.79. The fourth-order valence-corrected chi connectivity index (χ4v) is 6.03. The highest BCUT2D eigenvalue weighted by Crippen LogP contribution is 2.40. The number of oxime groups is 1. The highest BCUT2D eigenvalue weighted by atomic mass is 32.2. The Morgan fingerprint density at radius 3 is 2.58 bits per heavy atom. The molecule has 2 aromatic heterocycles. The topological polar surface area (TPSA) is 250 Å². The summed E-state index contributed by atoms with van der Waals surface area (Å²) in [7, 11) is 1.61. The van der Waals surface area contributed by atoms with Gasteiger partial charge in [0.15, 0.2) is 16.6 Å². The van der Waals surface area contributed by atoms with Crippen LogP contribution in [0.4, 0.5) is 5.13 Å². The smallest absolute Gasteiger partial charge is 0.352 e. The molecule has 0 aliphatic carbocycles. The summed E-state index contributed by atoms with van der Waals surface area (Å²) in [6.07, 6.45) is 0.848. The van der Waals surface area contributed by atoms with Gasteiger partial charge in [-0.15, -0.1) is 23.1 Å². The number of likely N-dealkylation sites (N-methyl/N-ethyl adjacent to an activating group) is 1. The van der Waals surface area contributed by atoms with Gasteiger partial charge < -0.3 is 36.4 Å². The molecule has 17 nitrogen and oxygen atoms in total. The summed E-state index contributed by atoms with van der Waals surface area (Å²) in [5.74, 6) is -4.79. The summed E-state index contributed by atoms with van der Waals surface area (Å²) >= 11 is 2.20. The van der Waals surface area contributed by atoms with Gasteiger partial charge >= 0.3 is 11.9 Å². The molecule has 0 radical (unpaired) electrons. The Morgan fingerprint density at radius 2 is 1.98 bits per heavy atom. The standard InChI is InChI=1S/C24H27N7O10S2/c1-24(2,22(38)39)41-28-15(12-9-43-23(25)26-12)18(34)27-16-19(35)31-17(21(36)37)10(8-42-20(16)31)5-29(3)6-11-4-13(32)14(33)7-30(11)40/h4,7,9,16,20,33,40H,5-6,8H2,1-3H3,(H2,25,26)(H,27,34)(H,36,37)(H,38,39)/b28-15+/t16-,20-/m1/s1. The number of carboxylic acid groups (broad SMARTS) is 2. The van der Waals surface area contributed by atoms with Gasteiger partial charge in [0.2, 0.25) is 11.0 Å². The lowest BCUT2D eigenvalue weighted by Gasteiger charge is -2.49. The second-order valence-electron chi connectivity index (χ2n) is 10.1. The lowest BCUT2D eigenvalue weighted by Crippen LogP contribution is -2.71. The Bertz CT molecular complexity index is 1620. The molecule has 4 heterocycles. The van der Waals surface area contributed by atoms with Crippen molar-refractivity contribution in [2.24, 2.45) is 5.16 Å². The molecule has 0 unspecified atom stereocenters. The van der Waals surface area contributed by atoms with Crippen LogP contribution in [0.25, 0.3) is 0 Å². The Labute approximate surface area is 250 Å². The highest BCUT2D eigenvalue weighted by molar-refractivity contribution is 8.00. The molecule has 1 saturated heterocycles. The highest BCUT2D eigenvalue weighted by Gasteiger charge is 2.54. The summed E-state index contributed by atoms with van der Waals surface area (Å²) in [6.45, 7) is 2.50. The molecule has 0 bridgehead atoms. The molecular formula is C24H27N7O10S2. The van der Waals surface area contributed by atoms with E-state index in [-0.39, 0.29) is 41.1 Å². The average Bonchev–Trinajstić information content (AvgIpc) is 3.35. The number of amides is 2. The monoisotopic (exact) mass is 637 g/mol. The quantitative estimate of drug-likeness (QED) is 0.0770. The van der Waals surface area contributed by atoms with Gasteiger partial charge in [0.25, 0.3) is 11.8 Å². The van der Waals surface area contributed by atoms with E-state index in [1.54, 1.807) is 11.9 Å². The number of anilines is 1. The van der Waals surface area contributed by atoms with E-state index in [0.717, 1.165) is 28.5 Å². The first-order valence-corrected chi connectivity index (χ1v) is 14.3. The molecule has 7 N–H and O–H groups in total. The van der Waals surface area contributed by atoms with Crippen molar-refractivity contribution in [2.75, 3.05) is 25.1 Å². The summed E-state index contributed by atoms with van der Waals surface area (Å²) in [5.41, 5.74) is 3.00. The minimum absolute atomic E-state index is 0.00709. The van der Waals surface area contributed by atoms with Gasteiger partial charge in [-0.3, -0.25) is 24.2 Å². The number of carbonyl (C=O) groups excluding carboxylic acids is 2. The van der Waals surface area contributed by atoms with E-state index < -0.39 is 57.7 Å². The van der Waals surface area contributed by atoms with Crippen LogP contribution in [0.5, 0.6) is 5.75 Å². The molecule has 2 aromatic rings. The van der Waals surface area contributed by atoms with Crippen molar-refractivity contribution in [3.8, 4) is 5.75 Å². The van der Waals surface area contributed by atoms with Crippen LogP contribution in [0.15, 0.2) is 38.9 Å². The van der Waals surface area contributed by atoms with E-state index in [4.69, 9.17) is 10.6 Å². The number of nitrogens with two attached hydrogens (primary N) is 1. The number of rotatable bonds is 11. The number of nitrogens with one attached hydrogen (secondary N) is 1. The van der Waals surface area contributed by atoms with Gasteiger partial charge in [-0.05, 0) is 26.5 Å². The summed E-state index contributed by atoms with van der Waals surface area (Å²) in [6, 6.07) is -0.0952. The van der Waals surface area contributed by atoms with Crippen molar-refractivity contribution in [1.29, 1.82) is 0 Å². The van der Waals surface area contributed by atoms with Gasteiger partial charge in [0.05, 0.1) is 11.9 Å². The molecule has 1 fully saturated rings. The molecule has 0 aromatic carbocycles. The number of carboxylic acids is 2. The molecule has 43 heavy (non-hydrogen) atoms. The first-order chi connectivity index (χ1) is 20.1. The van der Waals surface area contributed by atoms with Crippen LogP contribution in [-0.2, 0) is 30.6 Å². The maximum absolute atomic E-state index is 13.2. The Morgan fingerprint density at radius 1 is 1.28 bits per heavy atom. The first kappa shape index (κ1) is 31.3. The number of pyridine rings is 1. The number of carbonyl (C=O) groups is 4. The zero-order valence-electron chi connectivity index (χ0n) is 22.9. The molecule has 0 saturated carbocycles. The van der Waals surface area contributed by atoms with Crippen LogP contribution in [0.3, 0.4) is 0 Å². The number of β-lactam (4-membered cyclic amide) rings is 1. The number of thiazole rings is 1. The number of fused-ring (bicyclic) bond motifs is 1. The average molecular weight is 638 g/mol. The van der Waals surface area contributed by atoms with Gasteiger partial charge in [0, 0.05) is 30.3 Å². The SMILES string of the molecule is CN(CC1=C(C(=O)O)N2C(=O)[C@@H](NC(=O)/C(=N/OC(C)(C)C(=O)O)c3csc(N)n3)[C@H]2SC1)Cc1cc(=O)c(O)cn1O. The predicted molar refractivity (Wildman–Crippen MR) is 151 cm³/mol. The van der Waals surface area contributed by atoms with E-state index in [2.05, 4.69) is 15.5 Å². The molecule has 2 amide bonds. The largest absolute Gasteiger partial charge is 0.503 e. The van der Waals surface area contributed by atoms with Crippen LogP contribution in [-0.4, -0.2) is 106 Å². The summed E-state index contributed by atoms with van der Waals surface area (Å²) < 4.78 is 0.586. The fraction of sp³-hybridized carbons (Fsp3) is 0.375. The number of thioether (sulfide) groups is 1. The Hall–Kier alpha value is -4.62. The van der Waals surface area contributed by atoms with Gasteiger partial charge in [-0.2, -0.15) is 4.73 Å². The molecule has 230 valence electrons. The van der Waals surface area contributed by atoms with Gasteiger partial charge in [0.1, 0.15) is 22.8 Å². The Balaban J connectivity index is 1.51. The lowest BCUT2D eigenvalue weighted by atomic mass is 10.0. The molecule has 19 heteroatoms. The third-order valence-corrected chi connectivity index (χ3v) is 8.39. The molecule has 2 atom stereocenters. The number of nitrogens with zero attached hydrogens (tertiary/aromatic N) is 5. The molecule has 0 spiro atoms. The van der Waals surface area contributed by atoms with E-state index >= 15 is 0 Å². The zero-order chi connectivity index (χ0) is 31.8. The number of aliphatic carboxylic acids is 2. The Kier molecular flexibility index (Phi) is 8.69. The van der Waals surface area contributed by atoms with Crippen LogP contribution < -0.4 is 16.5 Å². The predicted octanol–water partition coefficient (Wildman–Crippen LogP) is -0.716. The zero-order valence-corrected chi connectivity index (χ0v) is 24.5. The van der Waals surface area contributed by atoms with Crippen molar-refractivity contribution in [1.82, 2.24) is 24.8 Å². The number of aromatic hydroxyl groups is 1. The lowest BCUT2D eigenvalue weighted by molar-refractivity contribution is -0.161. The van der Waals surface area contributed by atoms with Crippen LogP contribution >= 0.6 is 23.1 Å². The first-order valence-electron chi connectivity index (χ1n) is 12.3. The third kappa shape index (κ3) is 6.42. The number of hydrogen-bond acceptors (Lipinski definition) is 14. The van der Waals surface area contributed by atoms with Crippen molar-refractivity contribution in [2.45, 2.75) is 37.4 Å². The second kappa shape index (κ2) is 11.9. The van der Waals surface area contributed by atoms with Gasteiger partial charge in [-0.25, -0.2) is 14.6 Å². The summed E-state index contributed by atoms with van der Waals surface area (Å²) in [5, 5.41) is 45.7. The minimum Gasteiger partial charge on any atom is -0.503 e. The normalized spacial score (nSPS) is 18.7. The molecular weight excluding hydrogens is 610 g/mol. The van der Waals surface area contributed by atoms with Crippen LogP contribution in [0.1, 0.15) is 25.2 Å². The molecule has 4 rings (SSSR count). The van der Waals surface area contributed by atoms with Gasteiger partial charge in [-0.1, -0.05) is 5.16 Å². The number of nitrogen functional groups attached to an aromatic ring is 1. The fourth-order valence-electron chi connectivity index (χ4n) is 4.14. The summed E-state index contributed by atoms with van der Waals surface area (Å²) in [4.78, 5) is 73.6. The van der Waals surface area contributed by atoms with Crippen LogP contribution in [0.2, 0.25) is 0 Å². The van der Waals surface area contributed by atoms with Crippen molar-refractivity contribution in [3.05, 3.63) is 50.5 Å². The number of hydrogen-bond donors (Lipinski definition) is 6. The molecule has 2 aliphatic heterocycles. The third-order valence-electron chi connectivity index (χ3n) is 6.38. The van der Waals surface area contributed by atoms with E-state index in [9.17, 15) is 44.5 Å². The maximum Gasteiger partial charge on any atom is 0.352 e. The second-order valence-corrected chi connectivity index (χ2v) is 12.1. The van der Waals surface area contributed by atoms with E-state index in [1.165, 1.54) is 31.0 Å². The van der Waals surface area contributed by atoms with Crippen LogP contribution in [0, 0.1) is 0 Å². The van der Waals surface area contributed by atoms with Crippen molar-refractivity contribution in [3.63, 3.8) is 0 Å². The maximum atomic E-state index is 13.2.